The van der Waals surface area contributed by atoms with Gasteiger partial charge in [-0.2, -0.15) is 0 Å². The number of carbonyl (C=O) groups excluding carboxylic acids is 1. The van der Waals surface area contributed by atoms with Gasteiger partial charge in [0.1, 0.15) is 11.5 Å². The second kappa shape index (κ2) is 8.19. The van der Waals surface area contributed by atoms with Crippen molar-refractivity contribution in [2.24, 2.45) is 0 Å². The third kappa shape index (κ3) is 4.14. The topological polar surface area (TPSA) is 91.8 Å². The number of methoxy groups -OCH3 is 2. The van der Waals surface area contributed by atoms with Gasteiger partial charge in [0.2, 0.25) is 17.8 Å². The Morgan fingerprint density at radius 3 is 2.79 bits per heavy atom. The van der Waals surface area contributed by atoms with Crippen LogP contribution in [0.5, 0.6) is 23.0 Å². The Kier molecular flexibility index (Phi) is 5.30. The van der Waals surface area contributed by atoms with Crippen molar-refractivity contribution in [3.63, 3.8) is 0 Å². The number of fused-ring (bicyclic) bond motifs is 1. The summed E-state index contributed by atoms with van der Waals surface area (Å²) in [6.45, 7) is 0.210. The van der Waals surface area contributed by atoms with E-state index in [9.17, 15) is 4.79 Å². The maximum atomic E-state index is 12.2. The molecule has 2 aromatic carbocycles. The van der Waals surface area contributed by atoms with Crippen LogP contribution in [0.4, 0.5) is 5.13 Å². The highest BCUT2D eigenvalue weighted by Crippen LogP contribution is 2.36. The summed E-state index contributed by atoms with van der Waals surface area (Å²) in [7, 11) is 3.16. The number of carbonyl (C=O) groups is 1. The minimum absolute atomic E-state index is 0.210. The molecule has 1 N–H and O–H groups in total. The van der Waals surface area contributed by atoms with Crippen molar-refractivity contribution in [2.45, 2.75) is 0 Å². The first-order valence-electron chi connectivity index (χ1n) is 8.61. The fourth-order valence-electron chi connectivity index (χ4n) is 2.69. The molecule has 0 fully saturated rings. The Balaban J connectivity index is 1.44. The van der Waals surface area contributed by atoms with Crippen LogP contribution in [-0.2, 0) is 4.79 Å². The van der Waals surface area contributed by atoms with Gasteiger partial charge in [0.15, 0.2) is 16.5 Å². The zero-order chi connectivity index (χ0) is 20.2. The molecule has 0 saturated heterocycles. The molecule has 1 aliphatic rings. The quantitative estimate of drug-likeness (QED) is 0.620. The fraction of sp³-hybridized carbons (Fsp3) is 0.150. The fourth-order valence-corrected chi connectivity index (χ4v) is 3.47. The normalized spacial score (nSPS) is 12.2. The highest BCUT2D eigenvalue weighted by Gasteiger charge is 2.14. The predicted octanol–water partition coefficient (Wildman–Crippen LogP) is 3.60. The van der Waals surface area contributed by atoms with E-state index in [1.165, 1.54) is 17.4 Å². The first-order valence-corrected chi connectivity index (χ1v) is 9.42. The van der Waals surface area contributed by atoms with Gasteiger partial charge in [-0.15, -0.1) is 10.2 Å². The molecule has 1 aromatic heterocycles. The molecule has 2 heterocycles. The molecule has 0 aliphatic carbocycles. The van der Waals surface area contributed by atoms with Crippen LogP contribution in [0, 0.1) is 0 Å². The molecule has 1 amide bonds. The van der Waals surface area contributed by atoms with Crippen molar-refractivity contribution >= 4 is 28.5 Å². The number of amides is 1. The number of nitrogens with zero attached hydrogens (tertiary/aromatic N) is 2. The maximum absolute atomic E-state index is 12.2. The number of aromatic nitrogens is 2. The van der Waals surface area contributed by atoms with Crippen LogP contribution in [-0.4, -0.2) is 37.1 Å². The van der Waals surface area contributed by atoms with E-state index >= 15 is 0 Å². The zero-order valence-corrected chi connectivity index (χ0v) is 16.5. The SMILES string of the molecule is COc1ccc(-c2nnc(NC(=O)C=Cc3ccc4c(c3)OCO4)s2)c(OC)c1. The van der Waals surface area contributed by atoms with E-state index in [2.05, 4.69) is 15.5 Å². The van der Waals surface area contributed by atoms with Gasteiger partial charge in [-0.25, -0.2) is 0 Å². The minimum atomic E-state index is -0.313. The van der Waals surface area contributed by atoms with E-state index < -0.39 is 0 Å². The lowest BCUT2D eigenvalue weighted by Gasteiger charge is -2.07. The van der Waals surface area contributed by atoms with Gasteiger partial charge < -0.3 is 18.9 Å². The predicted molar refractivity (Wildman–Crippen MR) is 109 cm³/mol. The van der Waals surface area contributed by atoms with Crippen molar-refractivity contribution in [3.8, 4) is 33.6 Å². The van der Waals surface area contributed by atoms with E-state index in [4.69, 9.17) is 18.9 Å². The number of benzene rings is 2. The monoisotopic (exact) mass is 411 g/mol. The Morgan fingerprint density at radius 1 is 1.10 bits per heavy atom. The second-order valence-corrected chi connectivity index (χ2v) is 6.89. The van der Waals surface area contributed by atoms with Crippen LogP contribution in [0.1, 0.15) is 5.56 Å². The summed E-state index contributed by atoms with van der Waals surface area (Å²) < 4.78 is 21.2. The molecule has 8 nitrogen and oxygen atoms in total. The van der Waals surface area contributed by atoms with Gasteiger partial charge >= 0.3 is 0 Å². The number of anilines is 1. The molecule has 3 aromatic rings. The Bertz CT molecular complexity index is 1080. The third-order valence-corrected chi connectivity index (χ3v) is 4.99. The molecule has 0 atom stereocenters. The minimum Gasteiger partial charge on any atom is -0.497 e. The van der Waals surface area contributed by atoms with Crippen LogP contribution in [0.3, 0.4) is 0 Å². The molecule has 0 bridgehead atoms. The largest absolute Gasteiger partial charge is 0.497 e. The molecular formula is C20H17N3O5S. The van der Waals surface area contributed by atoms with Crippen LogP contribution in [0.15, 0.2) is 42.5 Å². The lowest BCUT2D eigenvalue weighted by Crippen LogP contribution is -2.07. The van der Waals surface area contributed by atoms with E-state index in [-0.39, 0.29) is 12.7 Å². The van der Waals surface area contributed by atoms with Crippen molar-refractivity contribution < 1.29 is 23.7 Å². The van der Waals surface area contributed by atoms with E-state index in [0.717, 1.165) is 11.1 Å². The summed E-state index contributed by atoms with van der Waals surface area (Å²) in [6.07, 6.45) is 3.11. The summed E-state index contributed by atoms with van der Waals surface area (Å²) >= 11 is 1.25. The van der Waals surface area contributed by atoms with Gasteiger partial charge in [0.05, 0.1) is 19.8 Å². The molecule has 0 radical (unpaired) electrons. The molecule has 0 spiro atoms. The van der Waals surface area contributed by atoms with Crippen LogP contribution in [0.2, 0.25) is 0 Å². The highest BCUT2D eigenvalue weighted by molar-refractivity contribution is 7.18. The maximum Gasteiger partial charge on any atom is 0.250 e. The smallest absolute Gasteiger partial charge is 0.250 e. The number of ether oxygens (including phenoxy) is 4. The zero-order valence-electron chi connectivity index (χ0n) is 15.7. The first kappa shape index (κ1) is 18.8. The molecule has 29 heavy (non-hydrogen) atoms. The van der Waals surface area contributed by atoms with Gasteiger partial charge in [0.25, 0.3) is 0 Å². The van der Waals surface area contributed by atoms with Gasteiger partial charge in [0, 0.05) is 12.1 Å². The molecule has 1 aliphatic heterocycles. The number of hydrogen-bond acceptors (Lipinski definition) is 8. The summed E-state index contributed by atoms with van der Waals surface area (Å²) in [5.74, 6) is 2.34. The summed E-state index contributed by atoms with van der Waals surface area (Å²) in [5, 5.41) is 11.9. The summed E-state index contributed by atoms with van der Waals surface area (Å²) in [5.41, 5.74) is 1.59. The van der Waals surface area contributed by atoms with Gasteiger partial charge in [-0.05, 0) is 35.9 Å². The average Bonchev–Trinajstić information content (AvgIpc) is 3.40. The van der Waals surface area contributed by atoms with Crippen molar-refractivity contribution in [1.29, 1.82) is 0 Å². The van der Waals surface area contributed by atoms with Crippen LogP contribution < -0.4 is 24.3 Å². The number of rotatable bonds is 6. The van der Waals surface area contributed by atoms with E-state index in [1.54, 1.807) is 32.4 Å². The Morgan fingerprint density at radius 2 is 1.97 bits per heavy atom. The Hall–Kier alpha value is -3.59. The standard InChI is InChI=1S/C20H17N3O5S/c1-25-13-5-6-14(16(10-13)26-2)19-22-23-20(29-19)21-18(24)8-4-12-3-7-15-17(9-12)28-11-27-15/h3-10H,11H2,1-2H3,(H,21,23,24). The number of hydrogen-bond donors (Lipinski definition) is 1. The second-order valence-electron chi connectivity index (χ2n) is 5.91. The summed E-state index contributed by atoms with van der Waals surface area (Å²) in [6, 6.07) is 10.9. The average molecular weight is 411 g/mol. The molecule has 0 unspecified atom stereocenters. The van der Waals surface area contributed by atoms with E-state index in [1.807, 2.05) is 24.3 Å². The molecule has 148 valence electrons. The van der Waals surface area contributed by atoms with Gasteiger partial charge in [-0.3, -0.25) is 10.1 Å². The van der Waals surface area contributed by atoms with Crippen LogP contribution >= 0.6 is 11.3 Å². The molecule has 4 rings (SSSR count). The summed E-state index contributed by atoms with van der Waals surface area (Å²) in [4.78, 5) is 12.2. The van der Waals surface area contributed by atoms with Crippen molar-refractivity contribution in [1.82, 2.24) is 10.2 Å². The first-order chi connectivity index (χ1) is 14.2. The molecular weight excluding hydrogens is 394 g/mol. The Labute approximate surface area is 170 Å². The third-order valence-electron chi connectivity index (χ3n) is 4.12. The van der Waals surface area contributed by atoms with E-state index in [0.29, 0.717) is 33.1 Å². The molecule has 0 saturated carbocycles. The lowest BCUT2D eigenvalue weighted by atomic mass is 10.2. The molecule has 9 heteroatoms. The van der Waals surface area contributed by atoms with Crippen molar-refractivity contribution in [3.05, 3.63) is 48.0 Å². The van der Waals surface area contributed by atoms with Crippen molar-refractivity contribution in [2.75, 3.05) is 26.3 Å². The highest BCUT2D eigenvalue weighted by atomic mass is 32.1. The number of nitrogens with one attached hydrogen (secondary N) is 1. The van der Waals surface area contributed by atoms with Crippen LogP contribution in [0.25, 0.3) is 16.6 Å². The van der Waals surface area contributed by atoms with Gasteiger partial charge in [-0.1, -0.05) is 17.4 Å². The lowest BCUT2D eigenvalue weighted by molar-refractivity contribution is -0.111.